The van der Waals surface area contributed by atoms with E-state index in [4.69, 9.17) is 0 Å². The molecule has 0 aliphatic rings. The molecule has 0 radical (unpaired) electrons. The maximum atomic E-state index is 11.1. The van der Waals surface area contributed by atoms with Gasteiger partial charge in [0.1, 0.15) is 0 Å². The Morgan fingerprint density at radius 2 is 2.00 bits per heavy atom. The van der Waals surface area contributed by atoms with Gasteiger partial charge in [-0.1, -0.05) is 0 Å². The third-order valence-electron chi connectivity index (χ3n) is 1.59. The molecule has 70 valence electrons. The fourth-order valence-corrected chi connectivity index (χ4v) is 2.84. The zero-order valence-electron chi connectivity index (χ0n) is 7.69. The quantitative estimate of drug-likeness (QED) is 0.584. The number of hydrogen-bond acceptors (Lipinski definition) is 2. The third kappa shape index (κ3) is 3.21. The van der Waals surface area contributed by atoms with Crippen molar-refractivity contribution in [3.05, 3.63) is 30.3 Å². The van der Waals surface area contributed by atoms with E-state index >= 15 is 0 Å². The second-order valence-electron chi connectivity index (χ2n) is 2.60. The van der Waals surface area contributed by atoms with Crippen molar-refractivity contribution in [3.63, 3.8) is 0 Å². The summed E-state index contributed by atoms with van der Waals surface area (Å²) in [5.41, 5.74) is 0. The van der Waals surface area contributed by atoms with E-state index in [9.17, 15) is 4.79 Å². The molecule has 13 heavy (non-hydrogen) atoms. The minimum atomic E-state index is -0.121. The second-order valence-corrected chi connectivity index (χ2v) is 5.56. The molecule has 0 aromatic heterocycles. The molecule has 0 aliphatic heterocycles. The fourth-order valence-electron chi connectivity index (χ4n) is 0.917. The summed E-state index contributed by atoms with van der Waals surface area (Å²) in [4.78, 5) is 11.1. The molecule has 0 amide bonds. The van der Waals surface area contributed by atoms with Gasteiger partial charge in [0.15, 0.2) is 0 Å². The Hall–Kier alpha value is -0.791. The summed E-state index contributed by atoms with van der Waals surface area (Å²) in [6, 6.07) is 10.0. The average Bonchev–Trinajstić information content (AvgIpc) is 2.18. The summed E-state index contributed by atoms with van der Waals surface area (Å²) in [6.07, 6.45) is 0. The van der Waals surface area contributed by atoms with Crippen LogP contribution in [0.2, 0.25) is 4.82 Å². The van der Waals surface area contributed by atoms with Crippen molar-refractivity contribution < 1.29 is 9.53 Å². The van der Waals surface area contributed by atoms with Crippen molar-refractivity contribution in [1.82, 2.24) is 0 Å². The minimum absolute atomic E-state index is 0.0000926. The molecule has 0 spiro atoms. The number of esters is 1. The van der Waals surface area contributed by atoms with Crippen molar-refractivity contribution in [2.24, 2.45) is 0 Å². The summed E-state index contributed by atoms with van der Waals surface area (Å²) in [6.45, 7) is 1.90. The standard InChI is InChI=1S/C10H12O2Se/c1-8(10(11)12-2)13-9-6-4-3-5-7-9/h3-8H,1-2H3. The second kappa shape index (κ2) is 5.05. The molecule has 0 fully saturated rings. The van der Waals surface area contributed by atoms with Gasteiger partial charge in [0, 0.05) is 0 Å². The van der Waals surface area contributed by atoms with Crippen LogP contribution in [-0.4, -0.2) is 28.0 Å². The first kappa shape index (κ1) is 10.3. The van der Waals surface area contributed by atoms with Crippen molar-refractivity contribution in [2.45, 2.75) is 11.7 Å². The first-order chi connectivity index (χ1) is 6.24. The van der Waals surface area contributed by atoms with Gasteiger partial charge in [-0.25, -0.2) is 0 Å². The first-order valence-corrected chi connectivity index (χ1v) is 5.88. The zero-order valence-corrected chi connectivity index (χ0v) is 9.40. The van der Waals surface area contributed by atoms with E-state index in [0.717, 1.165) is 0 Å². The Balaban J connectivity index is 2.55. The topological polar surface area (TPSA) is 26.3 Å². The Morgan fingerprint density at radius 3 is 2.54 bits per heavy atom. The van der Waals surface area contributed by atoms with Crippen LogP contribution in [0.1, 0.15) is 6.92 Å². The molecule has 1 aromatic rings. The molecule has 2 nitrogen and oxygen atoms in total. The molecule has 1 atom stereocenters. The van der Waals surface area contributed by atoms with E-state index in [1.165, 1.54) is 11.6 Å². The van der Waals surface area contributed by atoms with E-state index < -0.39 is 0 Å². The van der Waals surface area contributed by atoms with Crippen molar-refractivity contribution in [1.29, 1.82) is 0 Å². The number of benzene rings is 1. The fraction of sp³-hybridized carbons (Fsp3) is 0.300. The SMILES string of the molecule is COC(=O)C(C)[Se]c1ccccc1. The molecular weight excluding hydrogens is 231 g/mol. The number of hydrogen-bond donors (Lipinski definition) is 0. The van der Waals surface area contributed by atoms with Crippen LogP contribution in [0.3, 0.4) is 0 Å². The van der Waals surface area contributed by atoms with Crippen molar-refractivity contribution >= 4 is 25.4 Å². The van der Waals surface area contributed by atoms with Crippen LogP contribution in [0, 0.1) is 0 Å². The van der Waals surface area contributed by atoms with Crippen LogP contribution in [-0.2, 0) is 9.53 Å². The predicted molar refractivity (Wildman–Crippen MR) is 53.3 cm³/mol. The molecule has 0 saturated carbocycles. The number of ether oxygens (including phenoxy) is 1. The summed E-state index contributed by atoms with van der Waals surface area (Å²) >= 11 is 0.175. The van der Waals surface area contributed by atoms with Gasteiger partial charge in [-0.15, -0.1) is 0 Å². The Morgan fingerprint density at radius 1 is 1.38 bits per heavy atom. The number of rotatable bonds is 3. The molecule has 0 aliphatic carbocycles. The van der Waals surface area contributed by atoms with Crippen LogP contribution < -0.4 is 4.46 Å². The average molecular weight is 243 g/mol. The van der Waals surface area contributed by atoms with Crippen LogP contribution >= 0.6 is 0 Å². The van der Waals surface area contributed by atoms with Gasteiger partial charge in [-0.05, 0) is 0 Å². The van der Waals surface area contributed by atoms with E-state index in [2.05, 4.69) is 4.74 Å². The van der Waals surface area contributed by atoms with Gasteiger partial charge in [0.2, 0.25) is 0 Å². The maximum absolute atomic E-state index is 11.1. The Bertz CT molecular complexity index is 272. The van der Waals surface area contributed by atoms with Gasteiger partial charge in [0.05, 0.1) is 0 Å². The zero-order chi connectivity index (χ0) is 9.68. The molecule has 1 aromatic carbocycles. The first-order valence-electron chi connectivity index (χ1n) is 4.03. The van der Waals surface area contributed by atoms with Gasteiger partial charge in [-0.3, -0.25) is 0 Å². The van der Waals surface area contributed by atoms with Crippen LogP contribution in [0.25, 0.3) is 0 Å². The van der Waals surface area contributed by atoms with E-state index in [-0.39, 0.29) is 25.7 Å². The Labute approximate surface area is 84.4 Å². The number of carbonyl (C=O) groups excluding carboxylic acids is 1. The molecule has 3 heteroatoms. The summed E-state index contributed by atoms with van der Waals surface area (Å²) < 4.78 is 5.89. The van der Waals surface area contributed by atoms with E-state index in [0.29, 0.717) is 0 Å². The van der Waals surface area contributed by atoms with Gasteiger partial charge < -0.3 is 0 Å². The molecule has 0 bridgehead atoms. The van der Waals surface area contributed by atoms with Crippen LogP contribution in [0.4, 0.5) is 0 Å². The molecular formula is C10H12O2Se. The van der Waals surface area contributed by atoms with Gasteiger partial charge in [-0.2, -0.15) is 0 Å². The van der Waals surface area contributed by atoms with Crippen molar-refractivity contribution in [2.75, 3.05) is 7.11 Å². The van der Waals surface area contributed by atoms with E-state index in [1.54, 1.807) is 0 Å². The normalized spacial score (nSPS) is 12.2. The summed E-state index contributed by atoms with van der Waals surface area (Å²) in [5, 5.41) is 0. The molecule has 0 N–H and O–H groups in total. The Kier molecular flexibility index (Phi) is 4.00. The summed E-state index contributed by atoms with van der Waals surface area (Å²) in [7, 11) is 1.43. The number of carbonyl (C=O) groups is 1. The third-order valence-corrected chi connectivity index (χ3v) is 3.88. The monoisotopic (exact) mass is 244 g/mol. The van der Waals surface area contributed by atoms with Gasteiger partial charge >= 0.3 is 84.1 Å². The van der Waals surface area contributed by atoms with Crippen LogP contribution in [0.15, 0.2) is 30.3 Å². The van der Waals surface area contributed by atoms with Crippen LogP contribution in [0.5, 0.6) is 0 Å². The molecule has 0 heterocycles. The van der Waals surface area contributed by atoms with E-state index in [1.807, 2.05) is 37.3 Å². The van der Waals surface area contributed by atoms with Gasteiger partial charge in [0.25, 0.3) is 0 Å². The summed E-state index contributed by atoms with van der Waals surface area (Å²) in [5.74, 6) is -0.121. The number of methoxy groups -OCH3 is 1. The predicted octanol–water partition coefficient (Wildman–Crippen LogP) is 0.997. The molecule has 1 rings (SSSR count). The van der Waals surface area contributed by atoms with Crippen molar-refractivity contribution in [3.8, 4) is 0 Å². The molecule has 0 saturated heterocycles. The molecule has 1 unspecified atom stereocenters.